The van der Waals surface area contributed by atoms with Crippen molar-refractivity contribution in [1.82, 2.24) is 4.57 Å². The fraction of sp³-hybridized carbons (Fsp3) is 0.600. The summed E-state index contributed by atoms with van der Waals surface area (Å²) in [6.07, 6.45) is 0.476. The van der Waals surface area contributed by atoms with Crippen LogP contribution in [0, 0.1) is 0 Å². The number of carboxylic acid groups (broad SMARTS) is 1. The Balaban J connectivity index is 3.23. The molecule has 1 rings (SSSR count). The van der Waals surface area contributed by atoms with Gasteiger partial charge in [-0.25, -0.2) is 0 Å². The maximum Gasteiger partial charge on any atom is 0.308 e. The molecule has 1 aromatic rings. The summed E-state index contributed by atoms with van der Waals surface area (Å²) in [6, 6.07) is 3.48. The summed E-state index contributed by atoms with van der Waals surface area (Å²) in [4.78, 5) is 23.2. The van der Waals surface area contributed by atoms with Crippen molar-refractivity contribution in [2.24, 2.45) is 0 Å². The molecule has 0 amide bonds. The molecule has 0 saturated carbocycles. The fourth-order valence-corrected chi connectivity index (χ4v) is 2.16. The number of carbonyl (C=O) groups is 1. The molecule has 0 fully saturated rings. The van der Waals surface area contributed by atoms with Gasteiger partial charge in [0.15, 0.2) is 0 Å². The molecule has 1 heterocycles. The Bertz CT molecular complexity index is 526. The zero-order chi connectivity index (χ0) is 15.3. The molecule has 5 heteroatoms. The van der Waals surface area contributed by atoms with Gasteiger partial charge in [0.05, 0.1) is 6.42 Å². The van der Waals surface area contributed by atoms with Gasteiger partial charge < -0.3 is 14.4 Å². The molecule has 0 atom stereocenters. The third-order valence-corrected chi connectivity index (χ3v) is 3.09. The Morgan fingerprint density at radius 3 is 2.50 bits per heavy atom. The van der Waals surface area contributed by atoms with Gasteiger partial charge in [0, 0.05) is 36.9 Å². The van der Waals surface area contributed by atoms with Gasteiger partial charge in [-0.05, 0) is 12.5 Å². The average molecular weight is 281 g/mol. The maximum atomic E-state index is 12.4. The second-order valence-electron chi connectivity index (χ2n) is 5.87. The highest BCUT2D eigenvalue weighted by Gasteiger charge is 2.20. The van der Waals surface area contributed by atoms with E-state index in [0.717, 1.165) is 12.1 Å². The molecule has 0 aliphatic heterocycles. The number of methoxy groups -OCH3 is 1. The first-order chi connectivity index (χ1) is 9.27. The van der Waals surface area contributed by atoms with Crippen LogP contribution in [0.15, 0.2) is 16.9 Å². The summed E-state index contributed by atoms with van der Waals surface area (Å²) in [5.41, 5.74) is 0.847. The van der Waals surface area contributed by atoms with Crippen LogP contribution in [0.25, 0.3) is 0 Å². The summed E-state index contributed by atoms with van der Waals surface area (Å²) < 4.78 is 6.69. The first kappa shape index (κ1) is 16.4. The smallest absolute Gasteiger partial charge is 0.308 e. The predicted octanol–water partition coefficient (Wildman–Crippen LogP) is 1.81. The average Bonchev–Trinajstić information content (AvgIpc) is 2.32. The lowest BCUT2D eigenvalue weighted by molar-refractivity contribution is -0.136. The molecule has 0 radical (unpaired) electrons. The minimum Gasteiger partial charge on any atom is -0.481 e. The lowest BCUT2D eigenvalue weighted by Crippen LogP contribution is -2.32. The Morgan fingerprint density at radius 1 is 1.35 bits per heavy atom. The molecule has 0 aliphatic rings. The van der Waals surface area contributed by atoms with Crippen LogP contribution in [0.4, 0.5) is 0 Å². The standard InChI is InChI=1S/C15H23NO4/c1-15(2,3)12-7-6-11(10-13(17)18)14(19)16(12)8-5-9-20-4/h6-7H,5,8-10H2,1-4H3,(H,17,18). The summed E-state index contributed by atoms with van der Waals surface area (Å²) in [5.74, 6) is -0.992. The number of aromatic nitrogens is 1. The molecule has 5 nitrogen and oxygen atoms in total. The van der Waals surface area contributed by atoms with Crippen LogP contribution in [0.2, 0.25) is 0 Å². The van der Waals surface area contributed by atoms with Crippen molar-refractivity contribution >= 4 is 5.97 Å². The molecule has 0 spiro atoms. The van der Waals surface area contributed by atoms with E-state index in [9.17, 15) is 9.59 Å². The van der Waals surface area contributed by atoms with Gasteiger partial charge in [0.1, 0.15) is 0 Å². The van der Waals surface area contributed by atoms with E-state index in [4.69, 9.17) is 9.84 Å². The second-order valence-corrected chi connectivity index (χ2v) is 5.87. The fourth-order valence-electron chi connectivity index (χ4n) is 2.16. The number of pyridine rings is 1. The maximum absolute atomic E-state index is 12.4. The summed E-state index contributed by atoms with van der Waals surface area (Å²) in [7, 11) is 1.62. The molecule has 1 aromatic heterocycles. The van der Waals surface area contributed by atoms with Crippen molar-refractivity contribution in [2.75, 3.05) is 13.7 Å². The molecule has 0 aromatic carbocycles. The highest BCUT2D eigenvalue weighted by atomic mass is 16.5. The van der Waals surface area contributed by atoms with Crippen molar-refractivity contribution in [3.8, 4) is 0 Å². The molecule has 1 N–H and O–H groups in total. The molecule has 0 aliphatic carbocycles. The third kappa shape index (κ3) is 4.20. The number of hydrogen-bond acceptors (Lipinski definition) is 3. The van der Waals surface area contributed by atoms with Crippen LogP contribution in [0.1, 0.15) is 38.4 Å². The van der Waals surface area contributed by atoms with Crippen LogP contribution in [-0.2, 0) is 27.9 Å². The van der Waals surface area contributed by atoms with E-state index < -0.39 is 5.97 Å². The Morgan fingerprint density at radius 2 is 2.00 bits per heavy atom. The van der Waals surface area contributed by atoms with Crippen LogP contribution in [0.5, 0.6) is 0 Å². The topological polar surface area (TPSA) is 68.5 Å². The van der Waals surface area contributed by atoms with E-state index in [1.165, 1.54) is 0 Å². The minimum absolute atomic E-state index is 0.173. The van der Waals surface area contributed by atoms with Crippen molar-refractivity contribution in [1.29, 1.82) is 0 Å². The molecular formula is C15H23NO4. The van der Waals surface area contributed by atoms with Gasteiger partial charge >= 0.3 is 5.97 Å². The monoisotopic (exact) mass is 281 g/mol. The first-order valence-electron chi connectivity index (χ1n) is 6.71. The quantitative estimate of drug-likeness (QED) is 0.807. The number of carboxylic acids is 1. The number of hydrogen-bond donors (Lipinski definition) is 1. The van der Waals surface area contributed by atoms with Crippen LogP contribution < -0.4 is 5.56 Å². The van der Waals surface area contributed by atoms with E-state index in [-0.39, 0.29) is 17.4 Å². The molecule has 0 saturated heterocycles. The van der Waals surface area contributed by atoms with Gasteiger partial charge in [0.25, 0.3) is 5.56 Å². The molecule has 112 valence electrons. The zero-order valence-corrected chi connectivity index (χ0v) is 12.6. The predicted molar refractivity (Wildman–Crippen MR) is 77.2 cm³/mol. The molecule has 0 bridgehead atoms. The van der Waals surface area contributed by atoms with Crippen molar-refractivity contribution in [3.63, 3.8) is 0 Å². The summed E-state index contributed by atoms with van der Waals surface area (Å²) in [6.45, 7) is 7.20. The third-order valence-electron chi connectivity index (χ3n) is 3.09. The van der Waals surface area contributed by atoms with E-state index in [2.05, 4.69) is 0 Å². The van der Waals surface area contributed by atoms with Crippen molar-refractivity contribution in [2.45, 2.75) is 45.6 Å². The molecule has 0 unspecified atom stereocenters. The number of aliphatic carboxylic acids is 1. The van der Waals surface area contributed by atoms with Gasteiger partial charge in [-0.3, -0.25) is 9.59 Å². The molecule has 20 heavy (non-hydrogen) atoms. The largest absolute Gasteiger partial charge is 0.481 e. The van der Waals surface area contributed by atoms with Crippen molar-refractivity contribution < 1.29 is 14.6 Å². The Kier molecular flexibility index (Phi) is 5.51. The lowest BCUT2D eigenvalue weighted by Gasteiger charge is -2.24. The van der Waals surface area contributed by atoms with E-state index >= 15 is 0 Å². The Hall–Kier alpha value is -1.62. The van der Waals surface area contributed by atoms with Gasteiger partial charge in [-0.1, -0.05) is 26.8 Å². The summed E-state index contributed by atoms with van der Waals surface area (Å²) in [5, 5.41) is 8.86. The van der Waals surface area contributed by atoms with Gasteiger partial charge in [0.2, 0.25) is 0 Å². The first-order valence-corrected chi connectivity index (χ1v) is 6.71. The van der Waals surface area contributed by atoms with Crippen LogP contribution >= 0.6 is 0 Å². The highest BCUT2D eigenvalue weighted by molar-refractivity contribution is 5.70. The van der Waals surface area contributed by atoms with Gasteiger partial charge in [-0.15, -0.1) is 0 Å². The minimum atomic E-state index is -0.992. The van der Waals surface area contributed by atoms with E-state index in [1.807, 2.05) is 26.8 Å². The van der Waals surface area contributed by atoms with E-state index in [1.54, 1.807) is 17.7 Å². The van der Waals surface area contributed by atoms with E-state index in [0.29, 0.717) is 18.7 Å². The Labute approximate surface area is 119 Å². The van der Waals surface area contributed by atoms with Crippen LogP contribution in [-0.4, -0.2) is 29.4 Å². The highest BCUT2D eigenvalue weighted by Crippen LogP contribution is 2.21. The van der Waals surface area contributed by atoms with Gasteiger partial charge in [-0.2, -0.15) is 0 Å². The normalized spacial score (nSPS) is 11.6. The second kappa shape index (κ2) is 6.70. The van der Waals surface area contributed by atoms with Crippen LogP contribution in [0.3, 0.4) is 0 Å². The lowest BCUT2D eigenvalue weighted by atomic mass is 9.90. The molecular weight excluding hydrogens is 258 g/mol. The summed E-state index contributed by atoms with van der Waals surface area (Å²) >= 11 is 0. The number of nitrogens with zero attached hydrogens (tertiary/aromatic N) is 1. The SMILES string of the molecule is COCCCn1c(C(C)(C)C)ccc(CC(=O)O)c1=O. The zero-order valence-electron chi connectivity index (χ0n) is 12.6. The number of ether oxygens (including phenoxy) is 1. The number of rotatable bonds is 6. The van der Waals surface area contributed by atoms with Crippen molar-refractivity contribution in [3.05, 3.63) is 33.7 Å².